The fraction of sp³-hybridized carbons (Fsp3) is 0.240. The maximum Gasteiger partial charge on any atom is 0.418 e. The molecule has 3 aromatic rings. The van der Waals surface area contributed by atoms with E-state index in [4.69, 9.17) is 11.5 Å². The van der Waals surface area contributed by atoms with Crippen molar-refractivity contribution in [2.45, 2.75) is 31.9 Å². The zero-order valence-electron chi connectivity index (χ0n) is 18.1. The Hall–Kier alpha value is -3.68. The lowest BCUT2D eigenvalue weighted by Crippen LogP contribution is -2.13. The van der Waals surface area contributed by atoms with E-state index < -0.39 is 11.7 Å². The maximum atomic E-state index is 13.6. The molecule has 0 spiro atoms. The minimum Gasteiger partial charge on any atom is -0.399 e. The van der Waals surface area contributed by atoms with E-state index in [-0.39, 0.29) is 11.6 Å². The molecule has 5 nitrogen and oxygen atoms in total. The summed E-state index contributed by atoms with van der Waals surface area (Å²) in [4.78, 5) is 12.0. The summed E-state index contributed by atoms with van der Waals surface area (Å²) in [5.41, 5.74) is 13.5. The molecule has 0 bridgehead atoms. The average Bonchev–Trinajstić information content (AvgIpc) is 2.77. The van der Waals surface area contributed by atoms with E-state index in [2.05, 4.69) is 10.6 Å². The lowest BCUT2D eigenvalue weighted by atomic mass is 10.0. The first-order chi connectivity index (χ1) is 15.7. The molecule has 0 aromatic heterocycles. The Labute approximate surface area is 191 Å². The third-order valence-electron chi connectivity index (χ3n) is 5.20. The molecule has 174 valence electrons. The summed E-state index contributed by atoms with van der Waals surface area (Å²) in [5.74, 6) is -0.140. The minimum atomic E-state index is -4.48. The van der Waals surface area contributed by atoms with E-state index in [0.29, 0.717) is 60.4 Å². The van der Waals surface area contributed by atoms with E-state index in [1.165, 1.54) is 6.07 Å². The van der Waals surface area contributed by atoms with Crippen molar-refractivity contribution in [3.63, 3.8) is 0 Å². The van der Waals surface area contributed by atoms with E-state index in [0.717, 1.165) is 6.07 Å². The molecule has 0 radical (unpaired) electrons. The number of nitrogens with one attached hydrogen (secondary N) is 2. The van der Waals surface area contributed by atoms with Gasteiger partial charge in [0.15, 0.2) is 0 Å². The smallest absolute Gasteiger partial charge is 0.399 e. The lowest BCUT2D eigenvalue weighted by molar-refractivity contribution is -0.137. The molecule has 0 heterocycles. The van der Waals surface area contributed by atoms with Gasteiger partial charge in [0.05, 0.1) is 16.9 Å². The fourth-order valence-electron chi connectivity index (χ4n) is 3.42. The van der Waals surface area contributed by atoms with Crippen molar-refractivity contribution < 1.29 is 18.0 Å². The van der Waals surface area contributed by atoms with Gasteiger partial charge in [-0.3, -0.25) is 4.79 Å². The van der Waals surface area contributed by atoms with Crippen LogP contribution in [0.4, 0.5) is 35.9 Å². The summed E-state index contributed by atoms with van der Waals surface area (Å²) in [6.07, 6.45) is -2.20. The summed E-state index contributed by atoms with van der Waals surface area (Å²) in [5, 5.41) is 5.65. The number of nitrogens with two attached hydrogens (primary N) is 2. The Morgan fingerprint density at radius 1 is 0.818 bits per heavy atom. The summed E-state index contributed by atoms with van der Waals surface area (Å²) < 4.78 is 40.9. The molecule has 8 heteroatoms. The zero-order valence-corrected chi connectivity index (χ0v) is 18.1. The second-order valence-electron chi connectivity index (χ2n) is 7.75. The number of hydrogen-bond acceptors (Lipinski definition) is 4. The SMILES string of the molecule is Nc1ccc(-c2ccc(NCCCCCC(=O)Nc3ccccc3N)c(C(F)(F)F)c2)cc1. The Kier molecular flexibility index (Phi) is 7.82. The van der Waals surface area contributed by atoms with Gasteiger partial charge in [0.25, 0.3) is 0 Å². The molecule has 0 aliphatic rings. The van der Waals surface area contributed by atoms with Crippen LogP contribution in [0.5, 0.6) is 0 Å². The molecule has 1 amide bonds. The van der Waals surface area contributed by atoms with E-state index >= 15 is 0 Å². The molecule has 0 saturated carbocycles. The Morgan fingerprint density at radius 2 is 1.52 bits per heavy atom. The van der Waals surface area contributed by atoms with Crippen molar-refractivity contribution in [2.24, 2.45) is 0 Å². The maximum absolute atomic E-state index is 13.6. The highest BCUT2D eigenvalue weighted by atomic mass is 19.4. The van der Waals surface area contributed by atoms with Gasteiger partial charge in [0.1, 0.15) is 0 Å². The molecule has 0 unspecified atom stereocenters. The number of nitrogen functional groups attached to an aromatic ring is 2. The van der Waals surface area contributed by atoms with Crippen molar-refractivity contribution in [3.8, 4) is 11.1 Å². The molecular formula is C25H27F3N4O. The number of amides is 1. The minimum absolute atomic E-state index is 0.0407. The van der Waals surface area contributed by atoms with Crippen LogP contribution in [-0.4, -0.2) is 12.5 Å². The third kappa shape index (κ3) is 6.90. The van der Waals surface area contributed by atoms with E-state index in [1.807, 2.05) is 0 Å². The molecule has 0 aliphatic heterocycles. The van der Waals surface area contributed by atoms with Crippen molar-refractivity contribution in [2.75, 3.05) is 28.6 Å². The number of para-hydroxylation sites is 2. The van der Waals surface area contributed by atoms with Crippen molar-refractivity contribution >= 4 is 28.7 Å². The molecule has 0 aliphatic carbocycles. The Morgan fingerprint density at radius 3 is 2.21 bits per heavy atom. The first-order valence-electron chi connectivity index (χ1n) is 10.7. The quantitative estimate of drug-likeness (QED) is 0.230. The molecular weight excluding hydrogens is 429 g/mol. The van der Waals surface area contributed by atoms with Gasteiger partial charge in [-0.05, 0) is 60.4 Å². The van der Waals surface area contributed by atoms with Crippen LogP contribution in [0.1, 0.15) is 31.2 Å². The van der Waals surface area contributed by atoms with Crippen LogP contribution >= 0.6 is 0 Å². The van der Waals surface area contributed by atoms with Gasteiger partial charge in [-0.15, -0.1) is 0 Å². The molecule has 6 N–H and O–H groups in total. The highest BCUT2D eigenvalue weighted by Gasteiger charge is 2.33. The van der Waals surface area contributed by atoms with Gasteiger partial charge >= 0.3 is 6.18 Å². The summed E-state index contributed by atoms with van der Waals surface area (Å²) in [7, 11) is 0. The van der Waals surface area contributed by atoms with Crippen LogP contribution in [-0.2, 0) is 11.0 Å². The molecule has 3 aromatic carbocycles. The number of halogens is 3. The zero-order chi connectivity index (χ0) is 23.8. The Bertz CT molecular complexity index is 1080. The van der Waals surface area contributed by atoms with Crippen LogP contribution in [0.25, 0.3) is 11.1 Å². The van der Waals surface area contributed by atoms with Crippen LogP contribution in [0.2, 0.25) is 0 Å². The number of benzene rings is 3. The van der Waals surface area contributed by atoms with Crippen LogP contribution in [0.3, 0.4) is 0 Å². The first-order valence-corrected chi connectivity index (χ1v) is 10.7. The lowest BCUT2D eigenvalue weighted by Gasteiger charge is -2.16. The van der Waals surface area contributed by atoms with Gasteiger partial charge in [-0.2, -0.15) is 13.2 Å². The third-order valence-corrected chi connectivity index (χ3v) is 5.20. The standard InChI is InChI=1S/C25H27F3N4O/c26-25(27,28)20-16-18(17-9-12-19(29)13-10-17)11-14-22(20)31-15-5-1-2-8-24(33)32-23-7-4-3-6-21(23)30/h3-4,6-7,9-14,16,31H,1-2,5,8,15,29-30H2,(H,32,33). The van der Waals surface area contributed by atoms with Crippen LogP contribution in [0, 0.1) is 0 Å². The molecule has 0 fully saturated rings. The number of carbonyl (C=O) groups excluding carboxylic acids is 1. The number of hydrogen-bond donors (Lipinski definition) is 4. The number of unbranched alkanes of at least 4 members (excludes halogenated alkanes) is 2. The number of carbonyl (C=O) groups is 1. The van der Waals surface area contributed by atoms with Crippen LogP contribution < -0.4 is 22.1 Å². The number of alkyl halides is 3. The molecule has 33 heavy (non-hydrogen) atoms. The van der Waals surface area contributed by atoms with E-state index in [9.17, 15) is 18.0 Å². The normalized spacial score (nSPS) is 11.2. The van der Waals surface area contributed by atoms with Gasteiger partial charge in [-0.25, -0.2) is 0 Å². The predicted molar refractivity (Wildman–Crippen MR) is 128 cm³/mol. The van der Waals surface area contributed by atoms with Crippen LogP contribution in [0.15, 0.2) is 66.7 Å². The summed E-state index contributed by atoms with van der Waals surface area (Å²) in [6.45, 7) is 0.373. The van der Waals surface area contributed by atoms with E-state index in [1.54, 1.807) is 54.6 Å². The Balaban J connectivity index is 1.50. The van der Waals surface area contributed by atoms with Gasteiger partial charge in [-0.1, -0.05) is 36.8 Å². The first kappa shape index (κ1) is 24.0. The van der Waals surface area contributed by atoms with Gasteiger partial charge in [0.2, 0.25) is 5.91 Å². The largest absolute Gasteiger partial charge is 0.418 e. The summed E-state index contributed by atoms with van der Waals surface area (Å²) in [6, 6.07) is 18.0. The second kappa shape index (κ2) is 10.8. The van der Waals surface area contributed by atoms with Crippen molar-refractivity contribution in [3.05, 3.63) is 72.3 Å². The average molecular weight is 457 g/mol. The highest BCUT2D eigenvalue weighted by molar-refractivity contribution is 5.93. The monoisotopic (exact) mass is 456 g/mol. The molecule has 0 atom stereocenters. The highest BCUT2D eigenvalue weighted by Crippen LogP contribution is 2.37. The molecule has 0 saturated heterocycles. The van der Waals surface area contributed by atoms with Crippen molar-refractivity contribution in [1.82, 2.24) is 0 Å². The van der Waals surface area contributed by atoms with Gasteiger partial charge in [0, 0.05) is 24.3 Å². The number of anilines is 4. The predicted octanol–water partition coefficient (Wildman–Crippen LogP) is 6.15. The topological polar surface area (TPSA) is 93.2 Å². The van der Waals surface area contributed by atoms with Gasteiger partial charge < -0.3 is 22.1 Å². The summed E-state index contributed by atoms with van der Waals surface area (Å²) >= 11 is 0. The second-order valence-corrected chi connectivity index (χ2v) is 7.75. The fourth-order valence-corrected chi connectivity index (χ4v) is 3.42. The molecule has 3 rings (SSSR count). The number of rotatable bonds is 9. The van der Waals surface area contributed by atoms with Crippen molar-refractivity contribution in [1.29, 1.82) is 0 Å².